The van der Waals surface area contributed by atoms with Crippen LogP contribution in [-0.2, 0) is 5.41 Å². The molecule has 2 aliphatic carbocycles. The molecule has 0 N–H and O–H groups in total. The molecule has 3 heterocycles. The molecule has 9 aromatic carbocycles. The molecule has 0 radical (unpaired) electrons. The van der Waals surface area contributed by atoms with Crippen molar-refractivity contribution in [3.05, 3.63) is 234 Å². The van der Waals surface area contributed by atoms with E-state index in [4.69, 9.17) is 0 Å². The van der Waals surface area contributed by atoms with Gasteiger partial charge in [0.15, 0.2) is 0 Å². The summed E-state index contributed by atoms with van der Waals surface area (Å²) < 4.78 is 2.71. The maximum atomic E-state index is 2.61. The molecule has 2 aliphatic heterocycles. The molecule has 0 amide bonds. The van der Waals surface area contributed by atoms with E-state index in [1.807, 2.05) is 11.3 Å². The molecule has 64 heavy (non-hydrogen) atoms. The summed E-state index contributed by atoms with van der Waals surface area (Å²) in [6, 6.07) is 77.9. The average Bonchev–Trinajstić information content (AvgIpc) is 3.97. The van der Waals surface area contributed by atoms with E-state index < -0.39 is 5.41 Å². The van der Waals surface area contributed by atoms with Crippen LogP contribution in [0.4, 0.5) is 34.1 Å². The highest BCUT2D eigenvalue weighted by molar-refractivity contribution is 7.33. The van der Waals surface area contributed by atoms with Gasteiger partial charge in [0.25, 0.3) is 6.71 Å². The standard InChI is InChI=1S/C60H41BN2S/c1-37(2)39-29-31-45-46-35-47-56(36-51(46)60(50(45)33-39)48-25-14-12-23-43(48)44-24-13-15-26-49(44)60)64-59-58(47)63(42-21-10-5-11-22-42)54-28-16-27-53-57(54)61(59)52-32-30-40(38-17-6-3-7-18-38)34-55(52)62(53)41-19-8-4-9-20-41/h3-37H,1-2H3. The van der Waals surface area contributed by atoms with Gasteiger partial charge in [0.2, 0.25) is 0 Å². The molecule has 1 spiro atoms. The molecular formula is C60H41BN2S. The van der Waals surface area contributed by atoms with Gasteiger partial charge >= 0.3 is 0 Å². The lowest BCUT2D eigenvalue weighted by molar-refractivity contribution is 0.785. The minimum atomic E-state index is -0.419. The monoisotopic (exact) mass is 832 g/mol. The third-order valence-electron chi connectivity index (χ3n) is 14.6. The fourth-order valence-electron chi connectivity index (χ4n) is 11.9. The van der Waals surface area contributed by atoms with Crippen molar-refractivity contribution in [3.63, 3.8) is 0 Å². The Balaban J connectivity index is 1.09. The zero-order chi connectivity index (χ0) is 42.3. The minimum Gasteiger partial charge on any atom is -0.311 e. The van der Waals surface area contributed by atoms with Gasteiger partial charge in [0.05, 0.1) is 11.1 Å². The molecule has 4 aliphatic rings. The van der Waals surface area contributed by atoms with Gasteiger partial charge in [-0.1, -0.05) is 166 Å². The van der Waals surface area contributed by atoms with Gasteiger partial charge in [-0.3, -0.25) is 0 Å². The van der Waals surface area contributed by atoms with Gasteiger partial charge in [-0.15, -0.1) is 11.3 Å². The fraction of sp³-hybridized carbons (Fsp3) is 0.0667. The third-order valence-corrected chi connectivity index (χ3v) is 15.8. The molecule has 0 bridgehead atoms. The van der Waals surface area contributed by atoms with Crippen molar-refractivity contribution in [2.45, 2.75) is 25.2 Å². The molecule has 2 nitrogen and oxygen atoms in total. The predicted octanol–water partition coefficient (Wildman–Crippen LogP) is 14.1. The van der Waals surface area contributed by atoms with E-state index in [-0.39, 0.29) is 6.71 Å². The molecule has 1 aromatic heterocycles. The first-order chi connectivity index (χ1) is 31.6. The number of nitrogens with zero attached hydrogens (tertiary/aromatic N) is 2. The van der Waals surface area contributed by atoms with Crippen molar-refractivity contribution >= 4 is 78.0 Å². The predicted molar refractivity (Wildman–Crippen MR) is 272 cm³/mol. The first-order valence-electron chi connectivity index (χ1n) is 22.6. The van der Waals surface area contributed by atoms with Crippen molar-refractivity contribution in [1.82, 2.24) is 0 Å². The fourth-order valence-corrected chi connectivity index (χ4v) is 13.3. The van der Waals surface area contributed by atoms with Crippen molar-refractivity contribution < 1.29 is 0 Å². The Morgan fingerprint density at radius 3 is 1.73 bits per heavy atom. The first-order valence-corrected chi connectivity index (χ1v) is 23.4. The highest BCUT2D eigenvalue weighted by Gasteiger charge is 2.53. The van der Waals surface area contributed by atoms with Crippen LogP contribution in [0.2, 0.25) is 0 Å². The second kappa shape index (κ2) is 13.3. The van der Waals surface area contributed by atoms with E-state index in [0.29, 0.717) is 5.92 Å². The number of anilines is 6. The summed E-state index contributed by atoms with van der Waals surface area (Å²) >= 11 is 2.00. The summed E-state index contributed by atoms with van der Waals surface area (Å²) in [5.74, 6) is 0.415. The van der Waals surface area contributed by atoms with E-state index in [0.717, 1.165) is 5.69 Å². The Hall–Kier alpha value is -7.40. The zero-order valence-electron chi connectivity index (χ0n) is 35.6. The Morgan fingerprint density at radius 2 is 1.05 bits per heavy atom. The number of fused-ring (bicyclic) bond motifs is 16. The molecule has 0 atom stereocenters. The van der Waals surface area contributed by atoms with Crippen molar-refractivity contribution in [2.24, 2.45) is 0 Å². The smallest absolute Gasteiger partial charge is 0.264 e. The highest BCUT2D eigenvalue weighted by atomic mass is 32.1. The van der Waals surface area contributed by atoms with E-state index in [1.54, 1.807) is 0 Å². The van der Waals surface area contributed by atoms with Gasteiger partial charge in [-0.25, -0.2) is 0 Å². The summed E-state index contributed by atoms with van der Waals surface area (Å²) in [6.45, 7) is 4.68. The zero-order valence-corrected chi connectivity index (χ0v) is 36.4. The average molecular weight is 833 g/mol. The summed E-state index contributed by atoms with van der Waals surface area (Å²) in [5, 5.41) is 1.31. The number of hydrogen-bond donors (Lipinski definition) is 0. The quantitative estimate of drug-likeness (QED) is 0.163. The van der Waals surface area contributed by atoms with E-state index in [1.165, 1.54) is 115 Å². The van der Waals surface area contributed by atoms with Crippen LogP contribution in [0.3, 0.4) is 0 Å². The number of hydrogen-bond acceptors (Lipinski definition) is 3. The number of benzene rings is 9. The lowest BCUT2D eigenvalue weighted by atomic mass is 9.36. The minimum absolute atomic E-state index is 0.0379. The molecule has 14 rings (SSSR count). The summed E-state index contributed by atoms with van der Waals surface area (Å²) in [5.41, 5.74) is 24.3. The van der Waals surface area contributed by atoms with Crippen molar-refractivity contribution in [2.75, 3.05) is 9.80 Å². The van der Waals surface area contributed by atoms with Crippen molar-refractivity contribution in [1.29, 1.82) is 0 Å². The molecule has 4 heteroatoms. The molecular weight excluding hydrogens is 792 g/mol. The summed E-state index contributed by atoms with van der Waals surface area (Å²) in [4.78, 5) is 5.09. The molecule has 300 valence electrons. The molecule has 0 saturated heterocycles. The molecule has 0 unspecified atom stereocenters. The SMILES string of the molecule is CC(C)c1ccc2c(c1)C1(c3ccccc3-c3ccccc31)c1cc3sc4c(c3cc1-2)N(c1ccccc1)c1cccc2c1B4c1ccc(-c3ccccc3)cc1N2c1ccccc1. The van der Waals surface area contributed by atoms with E-state index in [9.17, 15) is 0 Å². The van der Waals surface area contributed by atoms with Crippen LogP contribution in [0.25, 0.3) is 43.5 Å². The number of thiophene rings is 1. The first kappa shape index (κ1) is 36.1. The second-order valence-corrected chi connectivity index (χ2v) is 19.2. The normalized spacial score (nSPS) is 14.3. The van der Waals surface area contributed by atoms with E-state index >= 15 is 0 Å². The Labute approximate surface area is 378 Å². The maximum Gasteiger partial charge on any atom is 0.264 e. The largest absolute Gasteiger partial charge is 0.311 e. The second-order valence-electron chi connectivity index (χ2n) is 18.1. The number of para-hydroxylation sites is 2. The molecule has 0 saturated carbocycles. The van der Waals surface area contributed by atoms with Gasteiger partial charge < -0.3 is 9.80 Å². The van der Waals surface area contributed by atoms with Crippen LogP contribution in [-0.4, -0.2) is 6.71 Å². The maximum absolute atomic E-state index is 2.61. The van der Waals surface area contributed by atoms with Crippen LogP contribution in [0, 0.1) is 0 Å². The lowest BCUT2D eigenvalue weighted by Gasteiger charge is -2.43. The van der Waals surface area contributed by atoms with Crippen LogP contribution < -0.4 is 25.5 Å². The van der Waals surface area contributed by atoms with Crippen LogP contribution >= 0.6 is 11.3 Å². The highest BCUT2D eigenvalue weighted by Crippen LogP contribution is 2.64. The molecule has 0 fully saturated rings. The van der Waals surface area contributed by atoms with Crippen molar-refractivity contribution in [3.8, 4) is 33.4 Å². The Bertz CT molecular complexity index is 3510. The Morgan fingerprint density at radius 1 is 0.453 bits per heavy atom. The van der Waals surface area contributed by atoms with Gasteiger partial charge in [-0.2, -0.15) is 0 Å². The lowest BCUT2D eigenvalue weighted by Crippen LogP contribution is -2.60. The van der Waals surface area contributed by atoms with Gasteiger partial charge in [0.1, 0.15) is 0 Å². The van der Waals surface area contributed by atoms with Crippen LogP contribution in [0.1, 0.15) is 47.6 Å². The number of rotatable bonds is 4. The molecule has 10 aromatic rings. The Kier molecular flexibility index (Phi) is 7.51. The van der Waals surface area contributed by atoms with Gasteiger partial charge in [-0.05, 0) is 133 Å². The summed E-state index contributed by atoms with van der Waals surface area (Å²) in [7, 11) is 0. The summed E-state index contributed by atoms with van der Waals surface area (Å²) in [6.07, 6.45) is 0. The van der Waals surface area contributed by atoms with Gasteiger partial charge in [0, 0.05) is 43.3 Å². The van der Waals surface area contributed by atoms with Crippen LogP contribution in [0.15, 0.2) is 206 Å². The van der Waals surface area contributed by atoms with E-state index in [2.05, 4.69) is 230 Å². The third kappa shape index (κ3) is 4.71. The topological polar surface area (TPSA) is 6.48 Å². The van der Waals surface area contributed by atoms with Crippen LogP contribution in [0.5, 0.6) is 0 Å².